The highest BCUT2D eigenvalue weighted by molar-refractivity contribution is 5.49. The molecule has 1 rings (SSSR count). The van der Waals surface area contributed by atoms with Crippen molar-refractivity contribution in [2.45, 2.75) is 64.1 Å². The summed E-state index contributed by atoms with van der Waals surface area (Å²) >= 11 is 0. The van der Waals surface area contributed by atoms with Gasteiger partial charge < -0.3 is 10.6 Å². The molecule has 82 valence electrons. The van der Waals surface area contributed by atoms with Gasteiger partial charge in [-0.05, 0) is 33.6 Å². The third kappa shape index (κ3) is 2.47. The molecule has 0 heterocycles. The number of rotatable bonds is 2. The van der Waals surface area contributed by atoms with Crippen LogP contribution in [0.1, 0.15) is 46.5 Å². The van der Waals surface area contributed by atoms with Crippen LogP contribution in [0.2, 0.25) is 0 Å². The Bertz CT molecular complexity index is 198. The van der Waals surface area contributed by atoms with Gasteiger partial charge in [-0.25, -0.2) is 0 Å². The summed E-state index contributed by atoms with van der Waals surface area (Å²) < 4.78 is 0. The summed E-state index contributed by atoms with van der Waals surface area (Å²) in [6.45, 7) is 6.17. The van der Waals surface area contributed by atoms with Gasteiger partial charge in [-0.15, -0.1) is 0 Å². The molecule has 2 atom stereocenters. The van der Waals surface area contributed by atoms with E-state index in [0.29, 0.717) is 0 Å². The van der Waals surface area contributed by atoms with Gasteiger partial charge in [-0.1, -0.05) is 12.8 Å². The quantitative estimate of drug-likeness (QED) is 0.684. The van der Waals surface area contributed by atoms with Gasteiger partial charge in [0, 0.05) is 17.6 Å². The van der Waals surface area contributed by atoms with Gasteiger partial charge in [0.2, 0.25) is 6.41 Å². The van der Waals surface area contributed by atoms with E-state index < -0.39 is 0 Å². The van der Waals surface area contributed by atoms with Crippen LogP contribution in [0.15, 0.2) is 0 Å². The van der Waals surface area contributed by atoms with Crippen LogP contribution in [0.5, 0.6) is 0 Å². The van der Waals surface area contributed by atoms with Gasteiger partial charge in [0.25, 0.3) is 0 Å². The molecule has 1 aliphatic rings. The van der Waals surface area contributed by atoms with Crippen molar-refractivity contribution in [2.24, 2.45) is 5.73 Å². The first-order valence-corrected chi connectivity index (χ1v) is 5.46. The van der Waals surface area contributed by atoms with Crippen LogP contribution in [0.3, 0.4) is 0 Å². The molecule has 2 N–H and O–H groups in total. The molecule has 0 bridgehead atoms. The number of nitrogens with two attached hydrogens (primary N) is 1. The van der Waals surface area contributed by atoms with Gasteiger partial charge in [-0.3, -0.25) is 4.79 Å². The SMILES string of the molecule is CC(C)(C)N(C=O)[C@@H]1CCCC[C@H]1N. The van der Waals surface area contributed by atoms with Crippen molar-refractivity contribution in [1.29, 1.82) is 0 Å². The first-order valence-electron chi connectivity index (χ1n) is 5.46. The molecular weight excluding hydrogens is 176 g/mol. The Kier molecular flexibility index (Phi) is 3.53. The molecule has 0 radical (unpaired) electrons. The summed E-state index contributed by atoms with van der Waals surface area (Å²) in [7, 11) is 0. The highest BCUT2D eigenvalue weighted by Gasteiger charge is 2.32. The molecule has 0 saturated heterocycles. The molecule has 0 spiro atoms. The summed E-state index contributed by atoms with van der Waals surface area (Å²) in [5.41, 5.74) is 5.94. The largest absolute Gasteiger partial charge is 0.336 e. The van der Waals surface area contributed by atoms with Crippen molar-refractivity contribution in [3.8, 4) is 0 Å². The smallest absolute Gasteiger partial charge is 0.210 e. The van der Waals surface area contributed by atoms with Gasteiger partial charge in [0.05, 0.1) is 0 Å². The van der Waals surface area contributed by atoms with Crippen LogP contribution in [0, 0.1) is 0 Å². The topological polar surface area (TPSA) is 46.3 Å². The maximum absolute atomic E-state index is 11.1. The highest BCUT2D eigenvalue weighted by atomic mass is 16.1. The number of amides is 1. The van der Waals surface area contributed by atoms with Gasteiger partial charge in [0.1, 0.15) is 0 Å². The lowest BCUT2D eigenvalue weighted by atomic mass is 9.87. The van der Waals surface area contributed by atoms with Crippen molar-refractivity contribution in [3.05, 3.63) is 0 Å². The Labute approximate surface area is 86.6 Å². The number of carbonyl (C=O) groups is 1. The van der Waals surface area contributed by atoms with E-state index in [0.717, 1.165) is 19.3 Å². The van der Waals surface area contributed by atoms with E-state index in [9.17, 15) is 4.79 Å². The van der Waals surface area contributed by atoms with Crippen molar-refractivity contribution < 1.29 is 4.79 Å². The minimum atomic E-state index is -0.110. The Hall–Kier alpha value is -0.570. The van der Waals surface area contributed by atoms with Crippen LogP contribution >= 0.6 is 0 Å². The molecule has 0 aromatic heterocycles. The fraction of sp³-hybridized carbons (Fsp3) is 0.909. The first-order chi connectivity index (χ1) is 6.46. The second-order valence-corrected chi connectivity index (χ2v) is 5.20. The predicted octanol–water partition coefficient (Wildman–Crippen LogP) is 1.51. The molecule has 14 heavy (non-hydrogen) atoms. The second kappa shape index (κ2) is 4.30. The van der Waals surface area contributed by atoms with E-state index in [-0.39, 0.29) is 17.6 Å². The maximum atomic E-state index is 11.1. The number of hydrogen-bond acceptors (Lipinski definition) is 2. The number of carbonyl (C=O) groups excluding carboxylic acids is 1. The Morgan fingerprint density at radius 3 is 2.29 bits per heavy atom. The van der Waals surface area contributed by atoms with Gasteiger partial charge in [-0.2, -0.15) is 0 Å². The van der Waals surface area contributed by atoms with E-state index in [2.05, 4.69) is 20.8 Å². The lowest BCUT2D eigenvalue weighted by Gasteiger charge is -2.43. The molecule has 1 amide bonds. The molecule has 1 fully saturated rings. The summed E-state index contributed by atoms with van der Waals surface area (Å²) in [6, 6.07) is 0.398. The second-order valence-electron chi connectivity index (χ2n) is 5.20. The van der Waals surface area contributed by atoms with E-state index in [1.54, 1.807) is 0 Å². The average molecular weight is 198 g/mol. The lowest BCUT2D eigenvalue weighted by molar-refractivity contribution is -0.126. The normalized spacial score (nSPS) is 28.6. The number of hydrogen-bond donors (Lipinski definition) is 1. The standard InChI is InChI=1S/C11H22N2O/c1-11(2,3)13(8-14)10-7-5-4-6-9(10)12/h8-10H,4-7,12H2,1-3H3/t9-,10-/m1/s1. The zero-order chi connectivity index (χ0) is 10.8. The van der Waals surface area contributed by atoms with Crippen LogP contribution in [0.25, 0.3) is 0 Å². The monoisotopic (exact) mass is 198 g/mol. The van der Waals surface area contributed by atoms with Crippen molar-refractivity contribution in [1.82, 2.24) is 4.90 Å². The van der Waals surface area contributed by atoms with Crippen molar-refractivity contribution in [2.75, 3.05) is 0 Å². The van der Waals surface area contributed by atoms with E-state index in [1.807, 2.05) is 4.90 Å². The van der Waals surface area contributed by atoms with Crippen LogP contribution in [-0.2, 0) is 4.79 Å². The molecule has 3 nitrogen and oxygen atoms in total. The zero-order valence-electron chi connectivity index (χ0n) is 9.49. The molecule has 0 aliphatic heterocycles. The highest BCUT2D eigenvalue weighted by Crippen LogP contribution is 2.26. The first kappa shape index (κ1) is 11.5. The lowest BCUT2D eigenvalue weighted by Crippen LogP contribution is -2.55. The summed E-state index contributed by atoms with van der Waals surface area (Å²) in [5, 5.41) is 0. The van der Waals surface area contributed by atoms with Crippen LogP contribution in [-0.4, -0.2) is 28.9 Å². The van der Waals surface area contributed by atoms with Crippen LogP contribution < -0.4 is 5.73 Å². The Morgan fingerprint density at radius 2 is 1.86 bits per heavy atom. The third-order valence-corrected chi connectivity index (χ3v) is 3.03. The maximum Gasteiger partial charge on any atom is 0.210 e. The van der Waals surface area contributed by atoms with Gasteiger partial charge in [0.15, 0.2) is 0 Å². The molecule has 0 aromatic carbocycles. The van der Waals surface area contributed by atoms with E-state index in [1.165, 1.54) is 12.8 Å². The average Bonchev–Trinajstić information content (AvgIpc) is 2.07. The molecule has 0 aromatic rings. The molecule has 1 saturated carbocycles. The fourth-order valence-electron chi connectivity index (χ4n) is 2.22. The molecule has 1 aliphatic carbocycles. The number of nitrogens with zero attached hydrogens (tertiary/aromatic N) is 1. The van der Waals surface area contributed by atoms with Crippen molar-refractivity contribution in [3.63, 3.8) is 0 Å². The molecular formula is C11H22N2O. The third-order valence-electron chi connectivity index (χ3n) is 3.03. The van der Waals surface area contributed by atoms with Gasteiger partial charge >= 0.3 is 0 Å². The fourth-order valence-corrected chi connectivity index (χ4v) is 2.22. The molecule has 3 heteroatoms. The minimum absolute atomic E-state index is 0.110. The summed E-state index contributed by atoms with van der Waals surface area (Å²) in [6.07, 6.45) is 5.45. The Morgan fingerprint density at radius 1 is 1.29 bits per heavy atom. The van der Waals surface area contributed by atoms with Crippen molar-refractivity contribution >= 4 is 6.41 Å². The zero-order valence-corrected chi connectivity index (χ0v) is 9.49. The minimum Gasteiger partial charge on any atom is -0.336 e. The molecule has 0 unspecified atom stereocenters. The Balaban J connectivity index is 2.72. The summed E-state index contributed by atoms with van der Waals surface area (Å²) in [4.78, 5) is 13.0. The van der Waals surface area contributed by atoms with Crippen LogP contribution in [0.4, 0.5) is 0 Å². The van der Waals surface area contributed by atoms with E-state index in [4.69, 9.17) is 5.73 Å². The summed E-state index contributed by atoms with van der Waals surface area (Å²) in [5.74, 6) is 0. The van der Waals surface area contributed by atoms with E-state index >= 15 is 0 Å². The predicted molar refractivity (Wildman–Crippen MR) is 57.9 cm³/mol.